The normalized spacial score (nSPS) is 16.5. The minimum absolute atomic E-state index is 0.223. The predicted octanol–water partition coefficient (Wildman–Crippen LogP) is 3.48. The average molecular weight is 365 g/mol. The summed E-state index contributed by atoms with van der Waals surface area (Å²) in [5, 5.41) is 6.89. The lowest BCUT2D eigenvalue weighted by Gasteiger charge is -2.14. The van der Waals surface area contributed by atoms with Crippen molar-refractivity contribution in [3.05, 3.63) is 29.4 Å². The third kappa shape index (κ3) is 4.43. The summed E-state index contributed by atoms with van der Waals surface area (Å²) in [7, 11) is 3.15. The van der Waals surface area contributed by atoms with Crippen molar-refractivity contribution in [3.8, 4) is 11.5 Å². The van der Waals surface area contributed by atoms with E-state index >= 15 is 0 Å². The number of nitrogens with one attached hydrogen (secondary N) is 2. The quantitative estimate of drug-likeness (QED) is 0.778. The number of nitrogens with zero attached hydrogens (tertiary/aromatic N) is 2. The number of hydrogen-bond acceptors (Lipinski definition) is 7. The molecule has 0 saturated carbocycles. The molecule has 2 N–H and O–H groups in total. The molecule has 1 aromatic carbocycles. The van der Waals surface area contributed by atoms with E-state index in [2.05, 4.69) is 20.6 Å². The second kappa shape index (κ2) is 8.22. The lowest BCUT2D eigenvalue weighted by Crippen LogP contribution is -2.19. The van der Waals surface area contributed by atoms with Crippen LogP contribution in [-0.4, -0.2) is 43.4 Å². The van der Waals surface area contributed by atoms with E-state index in [0.717, 1.165) is 19.4 Å². The molecule has 2 aromatic rings. The van der Waals surface area contributed by atoms with Crippen LogP contribution in [0, 0.1) is 0 Å². The van der Waals surface area contributed by atoms with Crippen LogP contribution in [-0.2, 0) is 4.74 Å². The first-order valence-electron chi connectivity index (χ1n) is 8.06. The van der Waals surface area contributed by atoms with Gasteiger partial charge in [0.05, 0.1) is 31.0 Å². The molecule has 7 nitrogen and oxygen atoms in total. The Balaban J connectivity index is 1.73. The number of methoxy groups -OCH3 is 2. The van der Waals surface area contributed by atoms with Gasteiger partial charge in [0, 0.05) is 31.5 Å². The number of anilines is 3. The molecule has 1 aliphatic heterocycles. The van der Waals surface area contributed by atoms with Crippen molar-refractivity contribution < 1.29 is 14.2 Å². The van der Waals surface area contributed by atoms with Gasteiger partial charge in [-0.15, -0.1) is 0 Å². The molecule has 1 atom stereocenters. The molecule has 0 spiro atoms. The first kappa shape index (κ1) is 17.6. The van der Waals surface area contributed by atoms with Crippen LogP contribution in [0.1, 0.15) is 12.8 Å². The Morgan fingerprint density at radius 2 is 2.12 bits per heavy atom. The van der Waals surface area contributed by atoms with E-state index in [0.29, 0.717) is 40.5 Å². The van der Waals surface area contributed by atoms with E-state index in [1.807, 2.05) is 0 Å². The van der Waals surface area contributed by atoms with Crippen LogP contribution < -0.4 is 20.1 Å². The summed E-state index contributed by atoms with van der Waals surface area (Å²) < 4.78 is 16.2. The molecule has 1 aromatic heterocycles. The van der Waals surface area contributed by atoms with Crippen LogP contribution in [0.2, 0.25) is 5.02 Å². The number of hydrogen-bond donors (Lipinski definition) is 2. The molecule has 8 heteroatoms. The second-order valence-corrected chi connectivity index (χ2v) is 6.00. The van der Waals surface area contributed by atoms with Gasteiger partial charge in [0.25, 0.3) is 0 Å². The Kier molecular flexibility index (Phi) is 5.78. The van der Waals surface area contributed by atoms with Gasteiger partial charge in [-0.25, -0.2) is 4.98 Å². The van der Waals surface area contributed by atoms with E-state index in [1.165, 1.54) is 0 Å². The molecule has 25 heavy (non-hydrogen) atoms. The van der Waals surface area contributed by atoms with E-state index in [4.69, 9.17) is 25.8 Å². The standard InChI is InChI=1S/C17H21ClN4O3/c1-23-14-9-13(15(24-2)8-12(14)18)21-16-5-6-19-17(22-16)20-10-11-4-3-7-25-11/h5-6,8-9,11H,3-4,7,10H2,1-2H3,(H2,19,20,21,22). The van der Waals surface area contributed by atoms with Gasteiger partial charge >= 0.3 is 0 Å². The Hall–Kier alpha value is -2.25. The number of aromatic nitrogens is 2. The summed E-state index contributed by atoms with van der Waals surface area (Å²) in [6.45, 7) is 1.52. The van der Waals surface area contributed by atoms with Crippen molar-refractivity contribution in [3.63, 3.8) is 0 Å². The fraction of sp³-hybridized carbons (Fsp3) is 0.412. The highest BCUT2D eigenvalue weighted by Gasteiger charge is 2.15. The Morgan fingerprint density at radius 3 is 2.84 bits per heavy atom. The van der Waals surface area contributed by atoms with Crippen molar-refractivity contribution in [1.82, 2.24) is 9.97 Å². The van der Waals surface area contributed by atoms with Gasteiger partial charge in [-0.3, -0.25) is 0 Å². The third-order valence-corrected chi connectivity index (χ3v) is 4.20. The van der Waals surface area contributed by atoms with Crippen LogP contribution in [0.5, 0.6) is 11.5 Å². The maximum Gasteiger partial charge on any atom is 0.224 e. The minimum Gasteiger partial charge on any atom is -0.495 e. The lowest BCUT2D eigenvalue weighted by molar-refractivity contribution is 0.120. The van der Waals surface area contributed by atoms with Crippen molar-refractivity contribution in [2.24, 2.45) is 0 Å². The number of rotatable bonds is 7. The van der Waals surface area contributed by atoms with Gasteiger partial charge in [-0.1, -0.05) is 11.6 Å². The lowest BCUT2D eigenvalue weighted by atomic mass is 10.2. The summed E-state index contributed by atoms with van der Waals surface area (Å²) in [4.78, 5) is 8.70. The summed E-state index contributed by atoms with van der Waals surface area (Å²) in [5.74, 6) is 2.32. The molecule has 0 amide bonds. The SMILES string of the molecule is COc1cc(Nc2ccnc(NCC3CCCO3)n2)c(OC)cc1Cl. The van der Waals surface area contributed by atoms with E-state index < -0.39 is 0 Å². The summed E-state index contributed by atoms with van der Waals surface area (Å²) in [6.07, 6.45) is 4.08. The first-order chi connectivity index (χ1) is 12.2. The van der Waals surface area contributed by atoms with Gasteiger partial charge in [-0.2, -0.15) is 4.98 Å². The zero-order chi connectivity index (χ0) is 17.6. The van der Waals surface area contributed by atoms with Gasteiger partial charge in [-0.05, 0) is 18.9 Å². The first-order valence-corrected chi connectivity index (χ1v) is 8.44. The monoisotopic (exact) mass is 364 g/mol. The predicted molar refractivity (Wildman–Crippen MR) is 97.3 cm³/mol. The molecular formula is C17H21ClN4O3. The second-order valence-electron chi connectivity index (χ2n) is 5.59. The van der Waals surface area contributed by atoms with Gasteiger partial charge in [0.2, 0.25) is 5.95 Å². The maximum absolute atomic E-state index is 6.13. The average Bonchev–Trinajstić information content (AvgIpc) is 3.15. The van der Waals surface area contributed by atoms with Crippen LogP contribution in [0.3, 0.4) is 0 Å². The van der Waals surface area contributed by atoms with Gasteiger partial charge < -0.3 is 24.8 Å². The molecular weight excluding hydrogens is 344 g/mol. The molecule has 0 aliphatic carbocycles. The fourth-order valence-electron chi connectivity index (χ4n) is 2.62. The van der Waals surface area contributed by atoms with Crippen LogP contribution in [0.15, 0.2) is 24.4 Å². The summed E-state index contributed by atoms with van der Waals surface area (Å²) in [5.41, 5.74) is 0.701. The largest absolute Gasteiger partial charge is 0.495 e. The number of halogens is 1. The van der Waals surface area contributed by atoms with E-state index in [-0.39, 0.29) is 6.10 Å². The van der Waals surface area contributed by atoms with E-state index in [1.54, 1.807) is 38.6 Å². The van der Waals surface area contributed by atoms with Crippen LogP contribution >= 0.6 is 11.6 Å². The van der Waals surface area contributed by atoms with Crippen molar-refractivity contribution in [2.45, 2.75) is 18.9 Å². The molecule has 1 unspecified atom stereocenters. The van der Waals surface area contributed by atoms with Crippen molar-refractivity contribution in [2.75, 3.05) is 38.0 Å². The molecule has 134 valence electrons. The van der Waals surface area contributed by atoms with E-state index in [9.17, 15) is 0 Å². The Morgan fingerprint density at radius 1 is 1.28 bits per heavy atom. The molecule has 3 rings (SSSR count). The highest BCUT2D eigenvalue weighted by atomic mass is 35.5. The zero-order valence-corrected chi connectivity index (χ0v) is 15.0. The summed E-state index contributed by atoms with van der Waals surface area (Å²) >= 11 is 6.13. The number of ether oxygens (including phenoxy) is 3. The highest BCUT2D eigenvalue weighted by Crippen LogP contribution is 2.37. The van der Waals surface area contributed by atoms with Crippen molar-refractivity contribution in [1.29, 1.82) is 0 Å². The fourth-order valence-corrected chi connectivity index (χ4v) is 2.85. The van der Waals surface area contributed by atoms with Crippen LogP contribution in [0.4, 0.5) is 17.5 Å². The third-order valence-electron chi connectivity index (χ3n) is 3.90. The molecule has 0 bridgehead atoms. The molecule has 1 fully saturated rings. The topological polar surface area (TPSA) is 77.5 Å². The van der Waals surface area contributed by atoms with Gasteiger partial charge in [0.1, 0.15) is 17.3 Å². The summed E-state index contributed by atoms with van der Waals surface area (Å²) in [6, 6.07) is 5.24. The molecule has 1 saturated heterocycles. The Labute approximate surface area is 151 Å². The maximum atomic E-state index is 6.13. The van der Waals surface area contributed by atoms with Crippen molar-refractivity contribution >= 4 is 29.1 Å². The highest BCUT2D eigenvalue weighted by molar-refractivity contribution is 6.32. The van der Waals surface area contributed by atoms with Crippen LogP contribution in [0.25, 0.3) is 0 Å². The minimum atomic E-state index is 0.223. The molecule has 1 aliphatic rings. The Bertz CT molecular complexity index is 723. The number of benzene rings is 1. The zero-order valence-electron chi connectivity index (χ0n) is 14.2. The smallest absolute Gasteiger partial charge is 0.224 e. The molecule has 0 radical (unpaired) electrons. The molecule has 2 heterocycles. The van der Waals surface area contributed by atoms with Gasteiger partial charge in [0.15, 0.2) is 0 Å².